The van der Waals surface area contributed by atoms with Crippen LogP contribution in [0.5, 0.6) is 11.5 Å². The molecule has 1 heterocycles. The van der Waals surface area contributed by atoms with E-state index in [1.54, 1.807) is 30.3 Å². The number of hydrogen-bond acceptors (Lipinski definition) is 5. The number of rotatable bonds is 6. The number of hydrogen-bond donors (Lipinski definition) is 1. The summed E-state index contributed by atoms with van der Waals surface area (Å²) in [6, 6.07) is 9.72. The first kappa shape index (κ1) is 19.7. The van der Waals surface area contributed by atoms with Gasteiger partial charge < -0.3 is 14.8 Å². The van der Waals surface area contributed by atoms with Gasteiger partial charge in [-0.1, -0.05) is 47.7 Å². The number of nitrogens with one attached hydrogen (secondary N) is 1. The Morgan fingerprint density at radius 3 is 2.74 bits per heavy atom. The second kappa shape index (κ2) is 8.73. The van der Waals surface area contributed by atoms with Crippen molar-refractivity contribution in [1.29, 1.82) is 0 Å². The van der Waals surface area contributed by atoms with E-state index in [1.807, 2.05) is 6.92 Å². The fourth-order valence-electron chi connectivity index (χ4n) is 2.39. The summed E-state index contributed by atoms with van der Waals surface area (Å²) in [6.07, 6.45) is 1.72. The van der Waals surface area contributed by atoms with Crippen LogP contribution < -0.4 is 14.8 Å². The zero-order valence-electron chi connectivity index (χ0n) is 14.3. The van der Waals surface area contributed by atoms with Crippen LogP contribution in [0.25, 0.3) is 6.08 Å². The molecule has 1 aliphatic heterocycles. The normalized spacial score (nSPS) is 15.1. The lowest BCUT2D eigenvalue weighted by molar-refractivity contribution is -0.115. The summed E-state index contributed by atoms with van der Waals surface area (Å²) in [6.45, 7) is 2.25. The predicted octanol–water partition coefficient (Wildman–Crippen LogP) is 4.95. The van der Waals surface area contributed by atoms with E-state index >= 15 is 0 Å². The minimum Gasteiger partial charge on any atom is -0.490 e. The van der Waals surface area contributed by atoms with E-state index in [0.29, 0.717) is 32.4 Å². The fourth-order valence-corrected chi connectivity index (χ4v) is 3.66. The number of thioether (sulfide) groups is 1. The van der Waals surface area contributed by atoms with Crippen LogP contribution in [0.4, 0.5) is 4.39 Å². The molecule has 1 amide bonds. The number of halogens is 2. The zero-order valence-corrected chi connectivity index (χ0v) is 16.6. The van der Waals surface area contributed by atoms with Gasteiger partial charge in [0.1, 0.15) is 16.7 Å². The number of carbonyl (C=O) groups excluding carboxylic acids is 1. The highest BCUT2D eigenvalue weighted by Gasteiger charge is 2.22. The number of amides is 1. The van der Waals surface area contributed by atoms with Crippen LogP contribution >= 0.6 is 35.6 Å². The number of carbonyl (C=O) groups is 1. The summed E-state index contributed by atoms with van der Waals surface area (Å²) < 4.78 is 25.7. The third-order valence-corrected chi connectivity index (χ3v) is 5.16. The van der Waals surface area contributed by atoms with Crippen molar-refractivity contribution in [2.45, 2.75) is 13.5 Å². The van der Waals surface area contributed by atoms with Crippen LogP contribution in [0.1, 0.15) is 18.1 Å². The molecule has 1 N–H and O–H groups in total. The van der Waals surface area contributed by atoms with Crippen LogP contribution in [-0.4, -0.2) is 16.8 Å². The maximum atomic E-state index is 13.9. The van der Waals surface area contributed by atoms with Crippen LogP contribution in [0, 0.1) is 5.82 Å². The molecule has 0 bridgehead atoms. The largest absolute Gasteiger partial charge is 0.490 e. The Morgan fingerprint density at radius 1 is 1.26 bits per heavy atom. The van der Waals surface area contributed by atoms with Gasteiger partial charge in [0.15, 0.2) is 11.5 Å². The zero-order chi connectivity index (χ0) is 19.4. The molecule has 140 valence electrons. The van der Waals surface area contributed by atoms with Gasteiger partial charge in [-0.25, -0.2) is 4.39 Å². The topological polar surface area (TPSA) is 47.6 Å². The lowest BCUT2D eigenvalue weighted by Crippen LogP contribution is -2.17. The molecule has 2 aromatic carbocycles. The molecule has 0 aliphatic carbocycles. The van der Waals surface area contributed by atoms with Gasteiger partial charge in [-0.05, 0) is 42.8 Å². The van der Waals surface area contributed by atoms with E-state index in [1.165, 1.54) is 23.9 Å². The highest BCUT2D eigenvalue weighted by molar-refractivity contribution is 8.26. The first-order chi connectivity index (χ1) is 13.0. The number of benzene rings is 2. The molecule has 0 saturated carbocycles. The summed E-state index contributed by atoms with van der Waals surface area (Å²) in [5, 5.41) is 2.87. The third-order valence-electron chi connectivity index (χ3n) is 3.64. The van der Waals surface area contributed by atoms with Crippen molar-refractivity contribution in [3.8, 4) is 11.5 Å². The first-order valence-corrected chi connectivity index (χ1v) is 9.65. The van der Waals surface area contributed by atoms with Gasteiger partial charge in [0.25, 0.3) is 5.91 Å². The highest BCUT2D eigenvalue weighted by Crippen LogP contribution is 2.33. The molecule has 1 fully saturated rings. The molecule has 1 saturated heterocycles. The molecule has 3 rings (SSSR count). The lowest BCUT2D eigenvalue weighted by atomic mass is 10.1. The van der Waals surface area contributed by atoms with E-state index < -0.39 is 5.82 Å². The van der Waals surface area contributed by atoms with E-state index in [-0.39, 0.29) is 18.1 Å². The summed E-state index contributed by atoms with van der Waals surface area (Å²) in [5.41, 5.74) is 1.04. The second-order valence-corrected chi connectivity index (χ2v) is 7.61. The standard InChI is InChI=1S/C19H15ClFNO3S2/c1-2-24-16-8-11(9-17-18(23)22-19(26)27-17)6-7-15(16)25-10-12-13(20)4-3-5-14(12)21/h3-9H,2,10H2,1H3,(H,22,23,26)/b17-9+. The van der Waals surface area contributed by atoms with Crippen molar-refractivity contribution < 1.29 is 18.7 Å². The van der Waals surface area contributed by atoms with Crippen molar-refractivity contribution in [2.24, 2.45) is 0 Å². The van der Waals surface area contributed by atoms with Gasteiger partial charge in [0, 0.05) is 5.56 Å². The molecule has 1 aliphatic rings. The molecule has 0 spiro atoms. The average Bonchev–Trinajstić information content (AvgIpc) is 2.93. The Labute approximate surface area is 170 Å². The molecular weight excluding hydrogens is 409 g/mol. The molecule has 4 nitrogen and oxygen atoms in total. The summed E-state index contributed by atoms with van der Waals surface area (Å²) in [4.78, 5) is 12.3. The molecular formula is C19H15ClFNO3S2. The molecule has 0 aromatic heterocycles. The molecule has 27 heavy (non-hydrogen) atoms. The van der Waals surface area contributed by atoms with Crippen molar-refractivity contribution in [1.82, 2.24) is 5.32 Å². The fraction of sp³-hybridized carbons (Fsp3) is 0.158. The van der Waals surface area contributed by atoms with Gasteiger partial charge in [0.05, 0.1) is 16.5 Å². The summed E-state index contributed by atoms with van der Waals surface area (Å²) in [5.74, 6) is 0.294. The van der Waals surface area contributed by atoms with Crippen LogP contribution in [0.15, 0.2) is 41.3 Å². The summed E-state index contributed by atoms with van der Waals surface area (Å²) in [7, 11) is 0. The minimum absolute atomic E-state index is 0.0292. The Bertz CT molecular complexity index is 913. The Balaban J connectivity index is 1.83. The third kappa shape index (κ3) is 4.80. The molecule has 0 atom stereocenters. The van der Waals surface area contributed by atoms with Crippen molar-refractivity contribution >= 4 is 51.9 Å². The van der Waals surface area contributed by atoms with E-state index in [9.17, 15) is 9.18 Å². The van der Waals surface area contributed by atoms with Gasteiger partial charge >= 0.3 is 0 Å². The van der Waals surface area contributed by atoms with Crippen LogP contribution in [0.2, 0.25) is 5.02 Å². The van der Waals surface area contributed by atoms with Gasteiger partial charge in [0.2, 0.25) is 0 Å². The highest BCUT2D eigenvalue weighted by atomic mass is 35.5. The van der Waals surface area contributed by atoms with E-state index in [0.717, 1.165) is 5.56 Å². The van der Waals surface area contributed by atoms with Crippen molar-refractivity contribution in [2.75, 3.05) is 6.61 Å². The quantitative estimate of drug-likeness (QED) is 0.526. The SMILES string of the molecule is CCOc1cc(/C=C2/SC(=S)NC2=O)ccc1OCc1c(F)cccc1Cl. The monoisotopic (exact) mass is 423 g/mol. The second-order valence-electron chi connectivity index (χ2n) is 5.48. The average molecular weight is 424 g/mol. The lowest BCUT2D eigenvalue weighted by Gasteiger charge is -2.14. The van der Waals surface area contributed by atoms with Gasteiger partial charge in [-0.3, -0.25) is 4.79 Å². The molecule has 8 heteroatoms. The van der Waals surface area contributed by atoms with Crippen molar-refractivity contribution in [3.05, 3.63) is 63.3 Å². The summed E-state index contributed by atoms with van der Waals surface area (Å²) >= 11 is 12.2. The smallest absolute Gasteiger partial charge is 0.263 e. The first-order valence-electron chi connectivity index (χ1n) is 8.05. The van der Waals surface area contributed by atoms with E-state index in [4.69, 9.17) is 33.3 Å². The number of ether oxygens (including phenoxy) is 2. The molecule has 2 aromatic rings. The minimum atomic E-state index is -0.429. The van der Waals surface area contributed by atoms with Crippen LogP contribution in [0.3, 0.4) is 0 Å². The maximum absolute atomic E-state index is 13.9. The Morgan fingerprint density at radius 2 is 2.07 bits per heavy atom. The predicted molar refractivity (Wildman–Crippen MR) is 110 cm³/mol. The maximum Gasteiger partial charge on any atom is 0.263 e. The van der Waals surface area contributed by atoms with Gasteiger partial charge in [-0.2, -0.15) is 0 Å². The van der Waals surface area contributed by atoms with E-state index in [2.05, 4.69) is 5.32 Å². The molecule has 0 radical (unpaired) electrons. The Kier molecular flexibility index (Phi) is 6.36. The number of thiocarbonyl (C=S) groups is 1. The Hall–Kier alpha value is -2.09. The van der Waals surface area contributed by atoms with Gasteiger partial charge in [-0.15, -0.1) is 0 Å². The van der Waals surface area contributed by atoms with Crippen LogP contribution in [-0.2, 0) is 11.4 Å². The van der Waals surface area contributed by atoms with Crippen molar-refractivity contribution in [3.63, 3.8) is 0 Å². The molecule has 0 unspecified atom stereocenters.